The van der Waals surface area contributed by atoms with Crippen molar-refractivity contribution in [2.75, 3.05) is 62.7 Å². The van der Waals surface area contributed by atoms with Crippen molar-refractivity contribution in [1.82, 2.24) is 15.5 Å². The fourth-order valence-corrected chi connectivity index (χ4v) is 5.69. The molecule has 0 saturated carbocycles. The molecule has 0 atom stereocenters. The van der Waals surface area contributed by atoms with Crippen molar-refractivity contribution < 1.29 is 28.7 Å². The molecular weight excluding hydrogens is 541 g/mol. The molecule has 10 nitrogen and oxygen atoms in total. The van der Waals surface area contributed by atoms with Gasteiger partial charge in [0, 0.05) is 83.5 Å². The van der Waals surface area contributed by atoms with Crippen molar-refractivity contribution in [3.05, 3.63) is 58.9 Å². The van der Waals surface area contributed by atoms with E-state index in [0.717, 1.165) is 82.1 Å². The zero-order valence-corrected chi connectivity index (χ0v) is 24.1. The fourth-order valence-electron chi connectivity index (χ4n) is 5.69. The minimum absolute atomic E-state index is 0.00292. The lowest BCUT2D eigenvalue weighted by Gasteiger charge is -2.40. The van der Waals surface area contributed by atoms with Gasteiger partial charge in [-0.1, -0.05) is 0 Å². The van der Waals surface area contributed by atoms with Crippen molar-refractivity contribution in [2.45, 2.75) is 38.6 Å². The van der Waals surface area contributed by atoms with E-state index in [0.29, 0.717) is 37.4 Å². The number of carboxylic acids is 1. The maximum Gasteiger partial charge on any atom is 0.335 e. The van der Waals surface area contributed by atoms with E-state index in [1.807, 2.05) is 11.0 Å². The molecule has 2 aromatic carbocycles. The Kier molecular flexibility index (Phi) is 10.9. The molecule has 0 aromatic heterocycles. The molecule has 2 fully saturated rings. The molecule has 0 unspecified atom stereocenters. The Labute approximate surface area is 245 Å². The molecule has 3 heterocycles. The Morgan fingerprint density at radius 2 is 1.79 bits per heavy atom. The van der Waals surface area contributed by atoms with E-state index in [2.05, 4.69) is 32.6 Å². The van der Waals surface area contributed by atoms with Crippen molar-refractivity contribution >= 4 is 35.4 Å². The minimum atomic E-state index is -1.11. The highest BCUT2D eigenvalue weighted by atomic mass is 19.1. The first kappa shape index (κ1) is 31.0. The van der Waals surface area contributed by atoms with Crippen LogP contribution in [0.4, 0.5) is 15.8 Å². The van der Waals surface area contributed by atoms with Crippen LogP contribution in [0.15, 0.2) is 36.4 Å². The topological polar surface area (TPSA) is 122 Å². The molecule has 226 valence electrons. The van der Waals surface area contributed by atoms with E-state index in [-0.39, 0.29) is 17.4 Å². The number of nitrogens with one attached hydrogen (secondary N) is 2. The van der Waals surface area contributed by atoms with Gasteiger partial charge in [0.1, 0.15) is 12.1 Å². The molecule has 42 heavy (non-hydrogen) atoms. The number of nitrogens with zero attached hydrogens (tertiary/aromatic N) is 3. The number of anilines is 2. The molecule has 2 aromatic rings. The van der Waals surface area contributed by atoms with Crippen LogP contribution in [0.3, 0.4) is 0 Å². The van der Waals surface area contributed by atoms with Gasteiger partial charge in [-0.05, 0) is 67.1 Å². The first-order valence-corrected chi connectivity index (χ1v) is 14.6. The van der Waals surface area contributed by atoms with Gasteiger partial charge in [-0.15, -0.1) is 0 Å². The number of aromatic carboxylic acids is 1. The maximum atomic E-state index is 14.4. The van der Waals surface area contributed by atoms with Gasteiger partial charge in [0.25, 0.3) is 5.91 Å². The Morgan fingerprint density at radius 1 is 1.05 bits per heavy atom. The van der Waals surface area contributed by atoms with Gasteiger partial charge >= 0.3 is 5.97 Å². The number of carbonyl (C=O) groups is 4. The summed E-state index contributed by atoms with van der Waals surface area (Å²) in [5.41, 5.74) is 3.55. The largest absolute Gasteiger partial charge is 0.478 e. The molecule has 2 amide bonds. The third-order valence-electron chi connectivity index (χ3n) is 8.18. The van der Waals surface area contributed by atoms with Crippen molar-refractivity contribution in [2.24, 2.45) is 5.92 Å². The number of carbonyl (C=O) groups excluding carboxylic acids is 3. The van der Waals surface area contributed by atoms with Gasteiger partial charge in [-0.25, -0.2) is 9.18 Å². The second-order valence-corrected chi connectivity index (χ2v) is 10.9. The Bertz CT molecular complexity index is 1270. The van der Waals surface area contributed by atoms with E-state index in [9.17, 15) is 23.6 Å². The van der Waals surface area contributed by atoms with Crippen molar-refractivity contribution in [3.8, 4) is 0 Å². The highest BCUT2D eigenvalue weighted by Crippen LogP contribution is 2.28. The summed E-state index contributed by atoms with van der Waals surface area (Å²) in [7, 11) is 1.59. The summed E-state index contributed by atoms with van der Waals surface area (Å²) < 4.78 is 14.4. The molecule has 0 aliphatic carbocycles. The van der Waals surface area contributed by atoms with Gasteiger partial charge in [0.15, 0.2) is 0 Å². The molecule has 5 rings (SSSR count). The summed E-state index contributed by atoms with van der Waals surface area (Å²) >= 11 is 0. The number of halogens is 1. The smallest absolute Gasteiger partial charge is 0.335 e. The SMILES string of the molecule is CNC(=O)CCCC=O.O=C(O)c1ccc(N2CCC(CN3CCN(c4ccc5c(c4)CNC5=O)CC3)CC2)c(F)c1. The maximum absolute atomic E-state index is 14.4. The van der Waals surface area contributed by atoms with Gasteiger partial charge in [0.05, 0.1) is 11.3 Å². The molecule has 11 heteroatoms. The van der Waals surface area contributed by atoms with Crippen LogP contribution in [-0.4, -0.2) is 86.9 Å². The van der Waals surface area contributed by atoms with Crippen LogP contribution in [-0.2, 0) is 16.1 Å². The van der Waals surface area contributed by atoms with Crippen molar-refractivity contribution in [1.29, 1.82) is 0 Å². The monoisotopic (exact) mass is 581 g/mol. The number of aldehydes is 1. The molecule has 3 aliphatic heterocycles. The predicted molar refractivity (Wildman–Crippen MR) is 159 cm³/mol. The average molecular weight is 582 g/mol. The molecule has 3 N–H and O–H groups in total. The lowest BCUT2D eigenvalue weighted by molar-refractivity contribution is -0.120. The fraction of sp³-hybridized carbons (Fsp3) is 0.484. The van der Waals surface area contributed by atoms with E-state index in [1.54, 1.807) is 13.1 Å². The van der Waals surface area contributed by atoms with Crippen LogP contribution in [0.1, 0.15) is 58.4 Å². The van der Waals surface area contributed by atoms with Crippen LogP contribution in [0.25, 0.3) is 0 Å². The zero-order valence-electron chi connectivity index (χ0n) is 24.1. The highest BCUT2D eigenvalue weighted by Gasteiger charge is 2.26. The Hall–Kier alpha value is -3.99. The quantitative estimate of drug-likeness (QED) is 0.305. The van der Waals surface area contributed by atoms with E-state index in [4.69, 9.17) is 5.11 Å². The van der Waals surface area contributed by atoms with Crippen LogP contribution in [0.5, 0.6) is 0 Å². The molecular formula is C31H40FN5O5. The summed E-state index contributed by atoms with van der Waals surface area (Å²) in [6.45, 7) is 7.23. The van der Waals surface area contributed by atoms with E-state index < -0.39 is 11.8 Å². The first-order valence-electron chi connectivity index (χ1n) is 14.6. The minimum Gasteiger partial charge on any atom is -0.478 e. The average Bonchev–Trinajstić information content (AvgIpc) is 3.38. The number of benzene rings is 2. The van der Waals surface area contributed by atoms with E-state index >= 15 is 0 Å². The van der Waals surface area contributed by atoms with Crippen LogP contribution in [0.2, 0.25) is 0 Å². The highest BCUT2D eigenvalue weighted by molar-refractivity contribution is 5.98. The van der Waals surface area contributed by atoms with Crippen LogP contribution in [0, 0.1) is 11.7 Å². The number of carboxylic acid groups (broad SMARTS) is 1. The first-order chi connectivity index (χ1) is 20.3. The third kappa shape index (κ3) is 8.06. The predicted octanol–water partition coefficient (Wildman–Crippen LogP) is 2.91. The molecule has 0 radical (unpaired) electrons. The number of amides is 2. The molecule has 0 spiro atoms. The number of unbranched alkanes of at least 4 members (excludes halogenated alkanes) is 1. The number of hydrogen-bond donors (Lipinski definition) is 3. The van der Waals surface area contributed by atoms with Gasteiger partial charge in [-0.2, -0.15) is 0 Å². The third-order valence-corrected chi connectivity index (χ3v) is 8.18. The van der Waals surface area contributed by atoms with Gasteiger partial charge in [0.2, 0.25) is 5.91 Å². The second-order valence-electron chi connectivity index (χ2n) is 10.9. The number of piperazine rings is 1. The van der Waals surface area contributed by atoms with Crippen LogP contribution >= 0.6 is 0 Å². The number of hydrogen-bond acceptors (Lipinski definition) is 7. The zero-order chi connectivity index (χ0) is 30.1. The molecule has 2 saturated heterocycles. The summed E-state index contributed by atoms with van der Waals surface area (Å²) in [6.07, 6.45) is 4.42. The Balaban J connectivity index is 0.000000392. The standard InChI is InChI=1S/C25H29FN4O3.C6H11NO2/c26-22-14-18(25(32)33)1-4-23(22)30-7-5-17(6-8-30)16-28-9-11-29(12-10-28)20-2-3-21-19(13-20)15-27-24(21)31;1-7-6(9)4-2-3-5-8/h1-4,13-14,17H,5-12,15-16H2,(H,27,31)(H,32,33);5H,2-4H2,1H3,(H,7,9). The summed E-state index contributed by atoms with van der Waals surface area (Å²) in [6, 6.07) is 10.3. The number of rotatable bonds is 9. The van der Waals surface area contributed by atoms with Gasteiger partial charge in [-0.3, -0.25) is 14.5 Å². The molecule has 3 aliphatic rings. The van der Waals surface area contributed by atoms with Crippen LogP contribution < -0.4 is 20.4 Å². The summed E-state index contributed by atoms with van der Waals surface area (Å²) in [5, 5.41) is 14.4. The number of fused-ring (bicyclic) bond motifs is 1. The molecule has 0 bridgehead atoms. The van der Waals surface area contributed by atoms with Crippen molar-refractivity contribution in [3.63, 3.8) is 0 Å². The number of piperidine rings is 1. The summed E-state index contributed by atoms with van der Waals surface area (Å²) in [4.78, 5) is 49.9. The van der Waals surface area contributed by atoms with Gasteiger partial charge < -0.3 is 30.3 Å². The second kappa shape index (κ2) is 14.8. The van der Waals surface area contributed by atoms with E-state index in [1.165, 1.54) is 11.8 Å². The Morgan fingerprint density at radius 3 is 2.43 bits per heavy atom. The lowest BCUT2D eigenvalue weighted by atomic mass is 9.95. The summed E-state index contributed by atoms with van der Waals surface area (Å²) in [5.74, 6) is -0.964. The lowest BCUT2D eigenvalue weighted by Crippen LogP contribution is -2.49. The normalized spacial score (nSPS) is 17.1.